The van der Waals surface area contributed by atoms with Crippen LogP contribution >= 0.6 is 0 Å². The molecule has 2 fully saturated rings. The fraction of sp³-hybridized carbons (Fsp3) is 0.562. The molecule has 2 aliphatic rings. The van der Waals surface area contributed by atoms with Gasteiger partial charge in [-0.25, -0.2) is 0 Å². The van der Waals surface area contributed by atoms with Gasteiger partial charge in [0, 0.05) is 24.2 Å². The van der Waals surface area contributed by atoms with E-state index in [1.807, 2.05) is 11.8 Å². The second-order valence-electron chi connectivity index (χ2n) is 6.32. The van der Waals surface area contributed by atoms with E-state index in [-0.39, 0.29) is 11.9 Å². The molecule has 3 nitrogen and oxygen atoms in total. The average Bonchev–Trinajstić information content (AvgIpc) is 3.14. The molecule has 1 aromatic carbocycles. The molecule has 102 valence electrons. The van der Waals surface area contributed by atoms with E-state index in [2.05, 4.69) is 37.4 Å². The SMILES string of the molecule is Cc1ccc(N2CC3(CC3)CNC(C)C2=O)c(C)c1. The van der Waals surface area contributed by atoms with Crippen LogP contribution in [-0.4, -0.2) is 25.0 Å². The molecule has 1 saturated heterocycles. The molecule has 1 spiro atoms. The van der Waals surface area contributed by atoms with E-state index in [1.165, 1.54) is 24.0 Å². The van der Waals surface area contributed by atoms with Gasteiger partial charge >= 0.3 is 0 Å². The van der Waals surface area contributed by atoms with Crippen LogP contribution < -0.4 is 10.2 Å². The normalized spacial score (nSPS) is 25.5. The van der Waals surface area contributed by atoms with Gasteiger partial charge in [-0.3, -0.25) is 4.79 Å². The number of nitrogens with zero attached hydrogens (tertiary/aromatic N) is 1. The third kappa shape index (κ3) is 2.27. The van der Waals surface area contributed by atoms with Gasteiger partial charge in [-0.05, 0) is 45.2 Å². The van der Waals surface area contributed by atoms with Crippen molar-refractivity contribution >= 4 is 11.6 Å². The Morgan fingerprint density at radius 3 is 2.68 bits per heavy atom. The Hall–Kier alpha value is -1.35. The third-order valence-corrected chi connectivity index (χ3v) is 4.51. The summed E-state index contributed by atoms with van der Waals surface area (Å²) in [7, 11) is 0. The Morgan fingerprint density at radius 1 is 1.32 bits per heavy atom. The average molecular weight is 258 g/mol. The zero-order valence-corrected chi connectivity index (χ0v) is 12.0. The van der Waals surface area contributed by atoms with Gasteiger partial charge in [0.05, 0.1) is 6.04 Å². The minimum Gasteiger partial charge on any atom is -0.310 e. The van der Waals surface area contributed by atoms with Crippen molar-refractivity contribution in [2.24, 2.45) is 5.41 Å². The summed E-state index contributed by atoms with van der Waals surface area (Å²) >= 11 is 0. The topological polar surface area (TPSA) is 32.3 Å². The van der Waals surface area contributed by atoms with Crippen molar-refractivity contribution in [3.63, 3.8) is 0 Å². The van der Waals surface area contributed by atoms with E-state index in [9.17, 15) is 4.79 Å². The van der Waals surface area contributed by atoms with E-state index >= 15 is 0 Å². The monoisotopic (exact) mass is 258 g/mol. The predicted octanol–water partition coefficient (Wildman–Crippen LogP) is 2.41. The Balaban J connectivity index is 1.97. The summed E-state index contributed by atoms with van der Waals surface area (Å²) in [6.45, 7) is 8.00. The highest BCUT2D eigenvalue weighted by Crippen LogP contribution is 2.47. The van der Waals surface area contributed by atoms with Crippen LogP contribution in [0.5, 0.6) is 0 Å². The number of nitrogens with one attached hydrogen (secondary N) is 1. The van der Waals surface area contributed by atoms with Gasteiger partial charge in [0.1, 0.15) is 0 Å². The second-order valence-corrected chi connectivity index (χ2v) is 6.32. The molecule has 3 heteroatoms. The van der Waals surface area contributed by atoms with Crippen LogP contribution in [0.25, 0.3) is 0 Å². The summed E-state index contributed by atoms with van der Waals surface area (Å²) in [4.78, 5) is 14.6. The van der Waals surface area contributed by atoms with Crippen LogP contribution in [0.15, 0.2) is 18.2 Å². The van der Waals surface area contributed by atoms with Crippen molar-refractivity contribution < 1.29 is 4.79 Å². The summed E-state index contributed by atoms with van der Waals surface area (Å²) in [5.74, 6) is 0.204. The molecule has 1 aliphatic heterocycles. The largest absolute Gasteiger partial charge is 0.310 e. The maximum Gasteiger partial charge on any atom is 0.243 e. The number of aryl methyl sites for hydroxylation is 2. The standard InChI is InChI=1S/C16H22N2O/c1-11-4-5-14(12(2)8-11)18-10-16(6-7-16)9-17-13(3)15(18)19/h4-5,8,13,17H,6-7,9-10H2,1-3H3. The molecule has 1 unspecified atom stereocenters. The van der Waals surface area contributed by atoms with Crippen LogP contribution in [0.3, 0.4) is 0 Å². The molecule has 0 bridgehead atoms. The molecule has 1 aliphatic carbocycles. The quantitative estimate of drug-likeness (QED) is 0.839. The number of amides is 1. The molecule has 3 rings (SSSR count). The lowest BCUT2D eigenvalue weighted by Crippen LogP contribution is -2.42. The molecule has 19 heavy (non-hydrogen) atoms. The molecule has 1 aromatic rings. The fourth-order valence-electron chi connectivity index (χ4n) is 2.98. The summed E-state index contributed by atoms with van der Waals surface area (Å²) in [6.07, 6.45) is 2.48. The zero-order chi connectivity index (χ0) is 13.6. The highest BCUT2D eigenvalue weighted by atomic mass is 16.2. The lowest BCUT2D eigenvalue weighted by molar-refractivity contribution is -0.119. The van der Waals surface area contributed by atoms with Crippen molar-refractivity contribution in [3.05, 3.63) is 29.3 Å². The van der Waals surface area contributed by atoms with Crippen LogP contribution in [-0.2, 0) is 4.79 Å². The maximum atomic E-state index is 12.6. The Labute approximate surface area is 115 Å². The lowest BCUT2D eigenvalue weighted by atomic mass is 10.1. The molecule has 1 saturated carbocycles. The number of carbonyl (C=O) groups is 1. The zero-order valence-electron chi connectivity index (χ0n) is 12.0. The van der Waals surface area contributed by atoms with Crippen molar-refractivity contribution in [2.75, 3.05) is 18.0 Å². The molecular formula is C16H22N2O. The van der Waals surface area contributed by atoms with E-state index < -0.39 is 0 Å². The first-order chi connectivity index (χ1) is 9.01. The van der Waals surface area contributed by atoms with E-state index in [0.717, 1.165) is 18.8 Å². The minimum absolute atomic E-state index is 0.0827. The van der Waals surface area contributed by atoms with Gasteiger partial charge in [-0.2, -0.15) is 0 Å². The Morgan fingerprint density at radius 2 is 2.05 bits per heavy atom. The molecular weight excluding hydrogens is 236 g/mol. The van der Waals surface area contributed by atoms with E-state index in [0.29, 0.717) is 5.41 Å². The molecule has 0 aromatic heterocycles. The van der Waals surface area contributed by atoms with Gasteiger partial charge in [-0.1, -0.05) is 17.7 Å². The molecule has 0 radical (unpaired) electrons. The number of hydrogen-bond acceptors (Lipinski definition) is 2. The maximum absolute atomic E-state index is 12.6. The highest BCUT2D eigenvalue weighted by Gasteiger charge is 2.47. The van der Waals surface area contributed by atoms with Crippen molar-refractivity contribution in [1.29, 1.82) is 0 Å². The lowest BCUT2D eigenvalue weighted by Gasteiger charge is -2.27. The molecule has 1 amide bonds. The van der Waals surface area contributed by atoms with Gasteiger partial charge in [0.25, 0.3) is 0 Å². The van der Waals surface area contributed by atoms with Gasteiger partial charge < -0.3 is 10.2 Å². The van der Waals surface area contributed by atoms with Crippen LogP contribution in [0, 0.1) is 19.3 Å². The number of anilines is 1. The summed E-state index contributed by atoms with van der Waals surface area (Å²) < 4.78 is 0. The second kappa shape index (κ2) is 4.34. The summed E-state index contributed by atoms with van der Waals surface area (Å²) in [5.41, 5.74) is 3.85. The number of rotatable bonds is 1. The first kappa shape index (κ1) is 12.7. The summed E-state index contributed by atoms with van der Waals surface area (Å²) in [6, 6.07) is 6.26. The van der Waals surface area contributed by atoms with Crippen molar-refractivity contribution in [1.82, 2.24) is 5.32 Å². The van der Waals surface area contributed by atoms with Gasteiger partial charge in [0.2, 0.25) is 5.91 Å². The smallest absolute Gasteiger partial charge is 0.243 e. The molecule has 1 N–H and O–H groups in total. The highest BCUT2D eigenvalue weighted by molar-refractivity contribution is 5.98. The van der Waals surface area contributed by atoms with Crippen LogP contribution in [0.2, 0.25) is 0 Å². The van der Waals surface area contributed by atoms with Gasteiger partial charge in [0.15, 0.2) is 0 Å². The first-order valence-corrected chi connectivity index (χ1v) is 7.13. The fourth-order valence-corrected chi connectivity index (χ4v) is 2.98. The number of carbonyl (C=O) groups excluding carboxylic acids is 1. The van der Waals surface area contributed by atoms with E-state index in [1.54, 1.807) is 0 Å². The summed E-state index contributed by atoms with van der Waals surface area (Å²) in [5, 5.41) is 3.39. The van der Waals surface area contributed by atoms with Crippen LogP contribution in [0.4, 0.5) is 5.69 Å². The van der Waals surface area contributed by atoms with Crippen molar-refractivity contribution in [3.8, 4) is 0 Å². The Bertz CT molecular complexity index is 519. The Kier molecular flexibility index (Phi) is 2.90. The van der Waals surface area contributed by atoms with E-state index in [4.69, 9.17) is 0 Å². The van der Waals surface area contributed by atoms with Crippen molar-refractivity contribution in [2.45, 2.75) is 39.7 Å². The third-order valence-electron chi connectivity index (χ3n) is 4.51. The first-order valence-electron chi connectivity index (χ1n) is 7.13. The van der Waals surface area contributed by atoms with Crippen LogP contribution in [0.1, 0.15) is 30.9 Å². The van der Waals surface area contributed by atoms with Gasteiger partial charge in [-0.15, -0.1) is 0 Å². The number of hydrogen-bond donors (Lipinski definition) is 1. The predicted molar refractivity (Wildman–Crippen MR) is 77.4 cm³/mol. The molecule has 1 atom stereocenters. The molecule has 1 heterocycles. The number of benzene rings is 1. The minimum atomic E-state index is -0.0827.